The minimum Gasteiger partial charge on any atom is -0.280 e. The number of halogens is 1. The Morgan fingerprint density at radius 1 is 1.57 bits per heavy atom. The van der Waals surface area contributed by atoms with Crippen LogP contribution in [0.25, 0.3) is 0 Å². The smallest absolute Gasteiger partial charge is 0.232 e. The number of anilines is 1. The van der Waals surface area contributed by atoms with E-state index in [1.54, 1.807) is 6.92 Å². The third-order valence-electron chi connectivity index (χ3n) is 1.64. The fourth-order valence-electron chi connectivity index (χ4n) is 0.861. The molecule has 0 saturated carbocycles. The molecule has 14 heavy (non-hydrogen) atoms. The summed E-state index contributed by atoms with van der Waals surface area (Å²) >= 11 is 0. The van der Waals surface area contributed by atoms with Crippen LogP contribution in [0.5, 0.6) is 0 Å². The Hall–Kier alpha value is -1.17. The lowest BCUT2D eigenvalue weighted by Gasteiger charge is -2.06. The van der Waals surface area contributed by atoms with Crippen LogP contribution >= 0.6 is 0 Å². The van der Waals surface area contributed by atoms with Gasteiger partial charge in [-0.25, -0.2) is 12.8 Å². The maximum absolute atomic E-state index is 13.0. The molecular weight excluding hydrogens is 207 g/mol. The van der Waals surface area contributed by atoms with Crippen LogP contribution in [0.2, 0.25) is 0 Å². The van der Waals surface area contributed by atoms with E-state index in [1.165, 1.54) is 13.0 Å². The van der Waals surface area contributed by atoms with Gasteiger partial charge in [0, 0.05) is 5.69 Å². The second-order valence-electron chi connectivity index (χ2n) is 2.81. The molecule has 1 aromatic rings. The molecule has 0 saturated heterocycles. The van der Waals surface area contributed by atoms with Gasteiger partial charge in [0.25, 0.3) is 0 Å². The molecule has 78 valence electrons. The Labute approximate surface area is 82.2 Å². The fraction of sp³-hybridized carbons (Fsp3) is 0.375. The van der Waals surface area contributed by atoms with Crippen molar-refractivity contribution in [2.45, 2.75) is 13.8 Å². The third-order valence-corrected chi connectivity index (χ3v) is 2.93. The maximum Gasteiger partial charge on any atom is 0.232 e. The van der Waals surface area contributed by atoms with Crippen LogP contribution in [-0.2, 0) is 10.0 Å². The van der Waals surface area contributed by atoms with Crippen molar-refractivity contribution >= 4 is 15.7 Å². The van der Waals surface area contributed by atoms with Crippen molar-refractivity contribution in [3.05, 3.63) is 23.8 Å². The molecule has 0 aliphatic carbocycles. The number of hydrogen-bond acceptors (Lipinski definition) is 3. The molecule has 0 aromatic carbocycles. The van der Waals surface area contributed by atoms with Crippen molar-refractivity contribution < 1.29 is 12.8 Å². The molecule has 0 radical (unpaired) electrons. The van der Waals surface area contributed by atoms with Crippen LogP contribution in [0.4, 0.5) is 10.1 Å². The number of sulfonamides is 1. The average Bonchev–Trinajstić information content (AvgIpc) is 2.11. The zero-order valence-electron chi connectivity index (χ0n) is 7.91. The van der Waals surface area contributed by atoms with Crippen molar-refractivity contribution in [1.82, 2.24) is 4.98 Å². The number of hydrogen-bond donors (Lipinski definition) is 1. The van der Waals surface area contributed by atoms with Crippen molar-refractivity contribution in [1.29, 1.82) is 0 Å². The summed E-state index contributed by atoms with van der Waals surface area (Å²) in [4.78, 5) is 3.69. The standard InChI is InChI=1S/C8H11FN2O2S/c1-3-14(12,13)11-8-4-6(2)10-5-7(8)9/h4-5H,3H2,1-2H3,(H,10,11). The second kappa shape index (κ2) is 3.91. The summed E-state index contributed by atoms with van der Waals surface area (Å²) in [5, 5.41) is 0. The summed E-state index contributed by atoms with van der Waals surface area (Å²) in [6.45, 7) is 3.14. The Balaban J connectivity index is 3.03. The highest BCUT2D eigenvalue weighted by molar-refractivity contribution is 7.92. The van der Waals surface area contributed by atoms with Crippen LogP contribution in [0.3, 0.4) is 0 Å². The minimum atomic E-state index is -3.43. The fourth-order valence-corrected chi connectivity index (χ4v) is 1.50. The Bertz CT molecular complexity index is 431. The van der Waals surface area contributed by atoms with Gasteiger partial charge in [0.15, 0.2) is 5.82 Å². The van der Waals surface area contributed by atoms with Crippen LogP contribution in [-0.4, -0.2) is 19.2 Å². The molecule has 6 heteroatoms. The summed E-state index contributed by atoms with van der Waals surface area (Å²) < 4.78 is 37.4. The molecule has 1 heterocycles. The molecule has 0 unspecified atom stereocenters. The zero-order valence-corrected chi connectivity index (χ0v) is 8.73. The van der Waals surface area contributed by atoms with Gasteiger partial charge in [-0.2, -0.15) is 0 Å². The van der Waals surface area contributed by atoms with Crippen molar-refractivity contribution in [3.8, 4) is 0 Å². The van der Waals surface area contributed by atoms with Gasteiger partial charge in [0.05, 0.1) is 17.6 Å². The topological polar surface area (TPSA) is 59.1 Å². The molecule has 0 atom stereocenters. The summed E-state index contributed by atoms with van der Waals surface area (Å²) in [7, 11) is -3.43. The SMILES string of the molecule is CCS(=O)(=O)Nc1cc(C)ncc1F. The maximum atomic E-state index is 13.0. The van der Waals surface area contributed by atoms with E-state index in [-0.39, 0.29) is 11.4 Å². The lowest BCUT2D eigenvalue weighted by Crippen LogP contribution is -2.15. The summed E-state index contributed by atoms with van der Waals surface area (Å²) in [6, 6.07) is 1.35. The van der Waals surface area contributed by atoms with Gasteiger partial charge in [0.2, 0.25) is 10.0 Å². The number of nitrogens with zero attached hydrogens (tertiary/aromatic N) is 1. The normalized spacial score (nSPS) is 11.4. The van der Waals surface area contributed by atoms with Crippen LogP contribution < -0.4 is 4.72 Å². The van der Waals surface area contributed by atoms with Gasteiger partial charge in [-0.15, -0.1) is 0 Å². The molecule has 0 aliphatic heterocycles. The van der Waals surface area contributed by atoms with Gasteiger partial charge in [-0.05, 0) is 19.9 Å². The number of aryl methyl sites for hydroxylation is 1. The monoisotopic (exact) mass is 218 g/mol. The first-order valence-electron chi connectivity index (χ1n) is 4.07. The first-order chi connectivity index (χ1) is 6.44. The van der Waals surface area contributed by atoms with Crippen molar-refractivity contribution in [2.24, 2.45) is 0 Å². The molecular formula is C8H11FN2O2S. The van der Waals surface area contributed by atoms with Crippen molar-refractivity contribution in [3.63, 3.8) is 0 Å². The van der Waals surface area contributed by atoms with Gasteiger partial charge >= 0.3 is 0 Å². The lowest BCUT2D eigenvalue weighted by atomic mass is 10.3. The molecule has 0 fully saturated rings. The van der Waals surface area contributed by atoms with E-state index in [0.29, 0.717) is 5.69 Å². The quantitative estimate of drug-likeness (QED) is 0.831. The van der Waals surface area contributed by atoms with E-state index in [9.17, 15) is 12.8 Å². The summed E-state index contributed by atoms with van der Waals surface area (Å²) in [5.41, 5.74) is 0.500. The summed E-state index contributed by atoms with van der Waals surface area (Å²) in [5.74, 6) is -0.763. The van der Waals surface area contributed by atoms with E-state index in [4.69, 9.17) is 0 Å². The Morgan fingerprint density at radius 2 is 2.21 bits per heavy atom. The number of rotatable bonds is 3. The van der Waals surface area contributed by atoms with E-state index < -0.39 is 15.8 Å². The van der Waals surface area contributed by atoms with E-state index >= 15 is 0 Å². The van der Waals surface area contributed by atoms with Gasteiger partial charge < -0.3 is 0 Å². The number of aromatic nitrogens is 1. The summed E-state index contributed by atoms with van der Waals surface area (Å²) in [6.07, 6.45) is 0.989. The largest absolute Gasteiger partial charge is 0.280 e. The molecule has 0 aliphatic rings. The number of nitrogens with one attached hydrogen (secondary N) is 1. The molecule has 0 bridgehead atoms. The first-order valence-corrected chi connectivity index (χ1v) is 5.72. The third kappa shape index (κ3) is 2.66. The van der Waals surface area contributed by atoms with E-state index in [0.717, 1.165) is 6.20 Å². The highest BCUT2D eigenvalue weighted by Gasteiger charge is 2.10. The first kappa shape index (κ1) is 10.9. The molecule has 0 amide bonds. The van der Waals surface area contributed by atoms with E-state index in [2.05, 4.69) is 9.71 Å². The Morgan fingerprint density at radius 3 is 2.79 bits per heavy atom. The van der Waals surface area contributed by atoms with Crippen molar-refractivity contribution in [2.75, 3.05) is 10.5 Å². The highest BCUT2D eigenvalue weighted by atomic mass is 32.2. The van der Waals surface area contributed by atoms with Gasteiger partial charge in [0.1, 0.15) is 0 Å². The molecule has 1 aromatic heterocycles. The van der Waals surface area contributed by atoms with Crippen LogP contribution in [0.15, 0.2) is 12.3 Å². The molecule has 0 spiro atoms. The van der Waals surface area contributed by atoms with E-state index in [1.807, 2.05) is 0 Å². The van der Waals surface area contributed by atoms with Crippen LogP contribution in [0.1, 0.15) is 12.6 Å². The lowest BCUT2D eigenvalue weighted by molar-refractivity contribution is 0.599. The molecule has 1 N–H and O–H groups in total. The number of pyridine rings is 1. The minimum absolute atomic E-state index is 0.0562. The zero-order chi connectivity index (χ0) is 10.8. The predicted molar refractivity (Wildman–Crippen MR) is 52.0 cm³/mol. The van der Waals surface area contributed by atoms with Gasteiger partial charge in [-0.3, -0.25) is 9.71 Å². The Kier molecular flexibility index (Phi) is 3.05. The van der Waals surface area contributed by atoms with Gasteiger partial charge in [-0.1, -0.05) is 0 Å². The average molecular weight is 218 g/mol. The highest BCUT2D eigenvalue weighted by Crippen LogP contribution is 2.14. The predicted octanol–water partition coefficient (Wildman–Crippen LogP) is 1.29. The van der Waals surface area contributed by atoms with Crippen LogP contribution in [0, 0.1) is 12.7 Å². The molecule has 4 nitrogen and oxygen atoms in total. The molecule has 1 rings (SSSR count). The second-order valence-corrected chi connectivity index (χ2v) is 4.82.